The van der Waals surface area contributed by atoms with Crippen LogP contribution in [0.2, 0.25) is 0 Å². The second-order valence-corrected chi connectivity index (χ2v) is 8.47. The van der Waals surface area contributed by atoms with E-state index in [1.54, 1.807) is 0 Å². The minimum atomic E-state index is 0.0409. The molecule has 7 atom stereocenters. The summed E-state index contributed by atoms with van der Waals surface area (Å²) in [5.74, 6) is 2.32. The van der Waals surface area contributed by atoms with E-state index in [1.165, 1.54) is 38.5 Å². The number of carbonyl (C=O) groups excluding carboxylic acids is 1. The molecule has 2 saturated carbocycles. The molecule has 4 N–H and O–H groups in total. The van der Waals surface area contributed by atoms with Crippen LogP contribution in [-0.2, 0) is 9.63 Å². The highest BCUT2D eigenvalue weighted by atomic mass is 16.7. The average Bonchev–Trinajstić information content (AvgIpc) is 3.29. The van der Waals surface area contributed by atoms with Gasteiger partial charge in [-0.05, 0) is 75.7 Å². The molecular weight excluding hydrogens is 316 g/mol. The van der Waals surface area contributed by atoms with Crippen LogP contribution in [0.1, 0.15) is 64.7 Å². The number of nitrogens with one attached hydrogen (secondary N) is 4. The lowest BCUT2D eigenvalue weighted by molar-refractivity contribution is -0.124. The Morgan fingerprint density at radius 3 is 2.76 bits per heavy atom. The maximum Gasteiger partial charge on any atom is 0.237 e. The van der Waals surface area contributed by atoms with Crippen LogP contribution in [-0.4, -0.2) is 36.9 Å². The molecule has 6 nitrogen and oxygen atoms in total. The van der Waals surface area contributed by atoms with Gasteiger partial charge in [0.05, 0.1) is 12.2 Å². The van der Waals surface area contributed by atoms with Gasteiger partial charge in [-0.25, -0.2) is 0 Å². The van der Waals surface area contributed by atoms with E-state index in [0.717, 1.165) is 31.7 Å². The van der Waals surface area contributed by atoms with Crippen molar-refractivity contribution in [1.82, 2.24) is 21.4 Å². The Labute approximate surface area is 151 Å². The van der Waals surface area contributed by atoms with Gasteiger partial charge in [-0.1, -0.05) is 13.3 Å². The summed E-state index contributed by atoms with van der Waals surface area (Å²) in [4.78, 5) is 18.2. The summed E-state index contributed by atoms with van der Waals surface area (Å²) in [7, 11) is 0. The monoisotopic (exact) mass is 350 g/mol. The molecule has 4 aliphatic rings. The third-order valence-corrected chi connectivity index (χ3v) is 6.95. The summed E-state index contributed by atoms with van der Waals surface area (Å²) in [5, 5.41) is 10.3. The van der Waals surface area contributed by atoms with Crippen molar-refractivity contribution in [1.29, 1.82) is 0 Å². The van der Waals surface area contributed by atoms with Gasteiger partial charge in [0.2, 0.25) is 5.91 Å². The second-order valence-electron chi connectivity index (χ2n) is 8.47. The predicted molar refractivity (Wildman–Crippen MR) is 96.4 cm³/mol. The van der Waals surface area contributed by atoms with Crippen LogP contribution in [0.3, 0.4) is 0 Å². The quantitative estimate of drug-likeness (QED) is 0.620. The zero-order valence-corrected chi connectivity index (χ0v) is 15.4. The molecule has 0 aromatic heterocycles. The first kappa shape index (κ1) is 17.7. The molecule has 4 fully saturated rings. The van der Waals surface area contributed by atoms with Crippen molar-refractivity contribution in [3.05, 3.63) is 0 Å². The molecule has 4 rings (SSSR count). The third-order valence-electron chi connectivity index (χ3n) is 6.95. The maximum absolute atomic E-state index is 12.6. The van der Waals surface area contributed by atoms with Crippen LogP contribution in [0.4, 0.5) is 0 Å². The van der Waals surface area contributed by atoms with Gasteiger partial charge < -0.3 is 10.6 Å². The van der Waals surface area contributed by atoms with Crippen LogP contribution in [0.5, 0.6) is 0 Å². The number of carbonyl (C=O) groups is 1. The molecule has 2 heterocycles. The molecule has 25 heavy (non-hydrogen) atoms. The number of hydrogen-bond acceptors (Lipinski definition) is 5. The van der Waals surface area contributed by atoms with Gasteiger partial charge in [0.15, 0.2) is 0 Å². The number of hydrogen-bond donors (Lipinski definition) is 4. The lowest BCUT2D eigenvalue weighted by Gasteiger charge is -2.37. The summed E-state index contributed by atoms with van der Waals surface area (Å²) in [6, 6.07) is 0.436. The Bertz CT molecular complexity index is 468. The Hall–Kier alpha value is -0.690. The molecule has 0 radical (unpaired) electrons. The highest BCUT2D eigenvalue weighted by Crippen LogP contribution is 2.45. The lowest BCUT2D eigenvalue weighted by Crippen LogP contribution is -2.51. The van der Waals surface area contributed by atoms with E-state index in [-0.39, 0.29) is 18.2 Å². The highest BCUT2D eigenvalue weighted by molar-refractivity contribution is 5.82. The van der Waals surface area contributed by atoms with Gasteiger partial charge in [0.1, 0.15) is 6.23 Å². The summed E-state index contributed by atoms with van der Waals surface area (Å²) < 4.78 is 0. The topological polar surface area (TPSA) is 74.4 Å². The summed E-state index contributed by atoms with van der Waals surface area (Å²) in [6.07, 6.45) is 10.9. The largest absolute Gasteiger partial charge is 0.352 e. The first-order chi connectivity index (χ1) is 12.2. The van der Waals surface area contributed by atoms with Gasteiger partial charge in [0, 0.05) is 6.04 Å². The molecule has 6 heteroatoms. The van der Waals surface area contributed by atoms with E-state index in [2.05, 4.69) is 28.4 Å². The molecule has 0 spiro atoms. The molecular formula is C19H34N4O2. The van der Waals surface area contributed by atoms with E-state index >= 15 is 0 Å². The SMILES string of the molecule is CCC1NC(C2CCC3C(CC[C@H]3NC(=O)C3CCCCN3)C2)NO1. The molecule has 142 valence electrons. The van der Waals surface area contributed by atoms with Gasteiger partial charge in [-0.15, -0.1) is 0 Å². The molecule has 6 unspecified atom stereocenters. The Kier molecular flexibility index (Phi) is 5.60. The minimum absolute atomic E-state index is 0.0409. The lowest BCUT2D eigenvalue weighted by atomic mass is 9.73. The van der Waals surface area contributed by atoms with E-state index < -0.39 is 0 Å². The fourth-order valence-electron chi connectivity index (χ4n) is 5.49. The van der Waals surface area contributed by atoms with Crippen molar-refractivity contribution in [2.75, 3.05) is 6.54 Å². The van der Waals surface area contributed by atoms with E-state index in [9.17, 15) is 4.79 Å². The molecule has 2 aliphatic heterocycles. The molecule has 1 amide bonds. The van der Waals surface area contributed by atoms with E-state index in [4.69, 9.17) is 4.84 Å². The summed E-state index contributed by atoms with van der Waals surface area (Å²) >= 11 is 0. The van der Waals surface area contributed by atoms with Crippen molar-refractivity contribution >= 4 is 5.91 Å². The van der Waals surface area contributed by atoms with Gasteiger partial charge in [0.25, 0.3) is 0 Å². The van der Waals surface area contributed by atoms with Crippen LogP contribution >= 0.6 is 0 Å². The van der Waals surface area contributed by atoms with Crippen molar-refractivity contribution < 1.29 is 9.63 Å². The molecule has 0 aromatic carbocycles. The van der Waals surface area contributed by atoms with Crippen LogP contribution in [0.25, 0.3) is 0 Å². The first-order valence-electron chi connectivity index (χ1n) is 10.5. The second kappa shape index (κ2) is 7.91. The Balaban J connectivity index is 1.28. The minimum Gasteiger partial charge on any atom is -0.352 e. The molecule has 2 aliphatic carbocycles. The third kappa shape index (κ3) is 3.87. The molecule has 0 bridgehead atoms. The summed E-state index contributed by atoms with van der Waals surface area (Å²) in [6.45, 7) is 3.13. The van der Waals surface area contributed by atoms with Crippen molar-refractivity contribution in [3.8, 4) is 0 Å². The predicted octanol–water partition coefficient (Wildman–Crippen LogP) is 1.63. The maximum atomic E-state index is 12.6. The normalized spacial score (nSPS) is 44.4. The van der Waals surface area contributed by atoms with Gasteiger partial charge >= 0.3 is 0 Å². The summed E-state index contributed by atoms with van der Waals surface area (Å²) in [5.41, 5.74) is 3.20. The van der Waals surface area contributed by atoms with E-state index in [1.807, 2.05) is 0 Å². The van der Waals surface area contributed by atoms with Gasteiger partial charge in [-0.3, -0.25) is 14.9 Å². The number of piperidine rings is 1. The number of hydroxylamine groups is 1. The fourth-order valence-corrected chi connectivity index (χ4v) is 5.49. The smallest absolute Gasteiger partial charge is 0.237 e. The zero-order valence-electron chi connectivity index (χ0n) is 15.4. The number of amides is 1. The fraction of sp³-hybridized carbons (Fsp3) is 0.947. The van der Waals surface area contributed by atoms with Crippen LogP contribution in [0, 0.1) is 17.8 Å². The van der Waals surface area contributed by atoms with Crippen molar-refractivity contribution in [3.63, 3.8) is 0 Å². The molecule has 0 aromatic rings. The van der Waals surface area contributed by atoms with Gasteiger partial charge in [-0.2, -0.15) is 5.48 Å². The highest BCUT2D eigenvalue weighted by Gasteiger charge is 2.44. The Morgan fingerprint density at radius 2 is 2.00 bits per heavy atom. The standard InChI is InChI=1S/C19H34N4O2/c1-2-17-22-18(23-25-17)13-6-8-14-12(11-13)7-9-15(14)21-19(24)16-5-3-4-10-20-16/h12-18,20,22-23H,2-11H2,1H3,(H,21,24)/t12?,13?,14?,15-,16?,17?,18?/m1/s1. The van der Waals surface area contributed by atoms with Crippen molar-refractivity contribution in [2.45, 2.75) is 89.2 Å². The first-order valence-corrected chi connectivity index (χ1v) is 10.5. The number of rotatable bonds is 4. The average molecular weight is 351 g/mol. The zero-order chi connectivity index (χ0) is 17.2. The van der Waals surface area contributed by atoms with Crippen LogP contribution < -0.4 is 21.4 Å². The van der Waals surface area contributed by atoms with Crippen LogP contribution in [0.15, 0.2) is 0 Å². The van der Waals surface area contributed by atoms with E-state index in [0.29, 0.717) is 24.0 Å². The number of fused-ring (bicyclic) bond motifs is 1. The van der Waals surface area contributed by atoms with Crippen molar-refractivity contribution in [2.24, 2.45) is 17.8 Å². The Morgan fingerprint density at radius 1 is 1.12 bits per heavy atom. The molecule has 2 saturated heterocycles.